The molecule has 0 aliphatic carbocycles. The predicted octanol–water partition coefficient (Wildman–Crippen LogP) is 4.46. The van der Waals surface area contributed by atoms with Crippen LogP contribution < -0.4 is 0 Å². The second-order valence-electron chi connectivity index (χ2n) is 6.82. The molecule has 27 heavy (non-hydrogen) atoms. The molecule has 0 atom stereocenters. The maximum atomic E-state index is 9.92. The van der Waals surface area contributed by atoms with Crippen molar-refractivity contribution in [1.82, 2.24) is 9.91 Å². The first-order valence-corrected chi connectivity index (χ1v) is 9.95. The minimum atomic E-state index is 0.247. The molecule has 1 aliphatic heterocycles. The van der Waals surface area contributed by atoms with Crippen molar-refractivity contribution in [1.29, 1.82) is 0 Å². The van der Waals surface area contributed by atoms with Gasteiger partial charge in [0.05, 0.1) is 6.21 Å². The smallest absolute Gasteiger partial charge is 0.124 e. The number of nitrogens with zero attached hydrogens (tertiary/aromatic N) is 3. The Kier molecular flexibility index (Phi) is 5.41. The molecular weight excluding hydrogens is 402 g/mol. The number of fused-ring (bicyclic) bond motifs is 1. The molecule has 5 heteroatoms. The number of benzene rings is 3. The van der Waals surface area contributed by atoms with Crippen LogP contribution in [0.25, 0.3) is 10.8 Å². The number of phenolic OH excluding ortho intramolecular Hbond substituents is 1. The molecule has 1 aliphatic rings. The van der Waals surface area contributed by atoms with E-state index in [1.54, 1.807) is 12.3 Å². The van der Waals surface area contributed by atoms with Crippen molar-refractivity contribution in [2.75, 3.05) is 26.2 Å². The maximum Gasteiger partial charge on any atom is 0.124 e. The van der Waals surface area contributed by atoms with Crippen molar-refractivity contribution in [2.24, 2.45) is 5.10 Å². The van der Waals surface area contributed by atoms with Gasteiger partial charge in [0.1, 0.15) is 5.75 Å². The van der Waals surface area contributed by atoms with Crippen LogP contribution >= 0.6 is 15.9 Å². The number of hydrogen-bond donors (Lipinski definition) is 1. The summed E-state index contributed by atoms with van der Waals surface area (Å²) in [5, 5.41) is 19.2. The zero-order valence-electron chi connectivity index (χ0n) is 15.1. The van der Waals surface area contributed by atoms with Crippen molar-refractivity contribution in [3.63, 3.8) is 0 Å². The van der Waals surface area contributed by atoms with Gasteiger partial charge in [-0.25, -0.2) is 0 Å². The summed E-state index contributed by atoms with van der Waals surface area (Å²) >= 11 is 3.43. The van der Waals surface area contributed by atoms with Crippen LogP contribution in [-0.4, -0.2) is 47.4 Å². The fourth-order valence-corrected chi connectivity index (χ4v) is 3.83. The Hall–Kier alpha value is -2.37. The van der Waals surface area contributed by atoms with Crippen molar-refractivity contribution in [2.45, 2.75) is 6.54 Å². The molecule has 138 valence electrons. The number of hydrogen-bond acceptors (Lipinski definition) is 4. The molecule has 4 nitrogen and oxygen atoms in total. The van der Waals surface area contributed by atoms with Gasteiger partial charge in [-0.05, 0) is 34.5 Å². The number of rotatable bonds is 4. The highest BCUT2D eigenvalue weighted by Crippen LogP contribution is 2.22. The Morgan fingerprint density at radius 2 is 1.74 bits per heavy atom. The molecule has 1 fully saturated rings. The largest absolute Gasteiger partial charge is 0.507 e. The fourth-order valence-electron chi connectivity index (χ4n) is 3.45. The van der Waals surface area contributed by atoms with Crippen molar-refractivity contribution in [3.05, 3.63) is 76.3 Å². The van der Waals surface area contributed by atoms with E-state index in [2.05, 4.69) is 73.4 Å². The van der Waals surface area contributed by atoms with E-state index >= 15 is 0 Å². The van der Waals surface area contributed by atoms with Crippen LogP contribution in [0.1, 0.15) is 11.1 Å². The highest BCUT2D eigenvalue weighted by Gasteiger charge is 2.16. The van der Waals surface area contributed by atoms with E-state index in [-0.39, 0.29) is 5.75 Å². The first-order valence-electron chi connectivity index (χ1n) is 9.15. The van der Waals surface area contributed by atoms with Gasteiger partial charge >= 0.3 is 0 Å². The van der Waals surface area contributed by atoms with E-state index in [1.165, 1.54) is 16.3 Å². The minimum Gasteiger partial charge on any atom is -0.507 e. The SMILES string of the molecule is Oc1ccc(Br)cc1/C=N/N1CCN(Cc2cccc3ccccc23)CC1. The normalized spacial score (nSPS) is 15.7. The lowest BCUT2D eigenvalue weighted by Crippen LogP contribution is -2.43. The van der Waals surface area contributed by atoms with E-state index < -0.39 is 0 Å². The van der Waals surface area contributed by atoms with Gasteiger partial charge in [-0.2, -0.15) is 5.10 Å². The Morgan fingerprint density at radius 1 is 0.963 bits per heavy atom. The summed E-state index contributed by atoms with van der Waals surface area (Å²) in [5.41, 5.74) is 2.10. The molecule has 3 aromatic rings. The van der Waals surface area contributed by atoms with Crippen LogP contribution in [-0.2, 0) is 6.54 Å². The molecule has 0 bridgehead atoms. The molecule has 1 saturated heterocycles. The summed E-state index contributed by atoms with van der Waals surface area (Å²) < 4.78 is 0.932. The average molecular weight is 424 g/mol. The van der Waals surface area contributed by atoms with E-state index in [1.807, 2.05) is 12.1 Å². The van der Waals surface area contributed by atoms with Gasteiger partial charge < -0.3 is 5.11 Å². The van der Waals surface area contributed by atoms with E-state index in [9.17, 15) is 5.11 Å². The summed E-state index contributed by atoms with van der Waals surface area (Å²) in [4.78, 5) is 2.48. The van der Waals surface area contributed by atoms with E-state index in [0.717, 1.165) is 42.8 Å². The molecule has 0 aromatic heterocycles. The van der Waals surface area contributed by atoms with Gasteiger partial charge in [0.2, 0.25) is 0 Å². The third-order valence-corrected chi connectivity index (χ3v) is 5.47. The van der Waals surface area contributed by atoms with Crippen LogP contribution in [0.4, 0.5) is 0 Å². The second kappa shape index (κ2) is 8.11. The number of halogens is 1. The molecule has 0 radical (unpaired) electrons. The van der Waals surface area contributed by atoms with E-state index in [4.69, 9.17) is 0 Å². The van der Waals surface area contributed by atoms with Crippen LogP contribution in [0.2, 0.25) is 0 Å². The van der Waals surface area contributed by atoms with Gasteiger partial charge in [0.15, 0.2) is 0 Å². The van der Waals surface area contributed by atoms with Gasteiger partial charge in [0, 0.05) is 42.8 Å². The number of phenols is 1. The first-order chi connectivity index (χ1) is 13.2. The number of aromatic hydroxyl groups is 1. The fraction of sp³-hybridized carbons (Fsp3) is 0.227. The van der Waals surface area contributed by atoms with Gasteiger partial charge in [-0.3, -0.25) is 9.91 Å². The zero-order valence-corrected chi connectivity index (χ0v) is 16.6. The quantitative estimate of drug-likeness (QED) is 0.629. The molecule has 4 rings (SSSR count). The highest BCUT2D eigenvalue weighted by atomic mass is 79.9. The Labute approximate surface area is 167 Å². The summed E-state index contributed by atoms with van der Waals surface area (Å²) in [6.45, 7) is 4.69. The second-order valence-corrected chi connectivity index (χ2v) is 7.73. The van der Waals surface area contributed by atoms with Crippen LogP contribution in [0.5, 0.6) is 5.75 Å². The topological polar surface area (TPSA) is 39.1 Å². The highest BCUT2D eigenvalue weighted by molar-refractivity contribution is 9.10. The van der Waals surface area contributed by atoms with Crippen LogP contribution in [0, 0.1) is 0 Å². The number of hydrazone groups is 1. The molecular formula is C22H22BrN3O. The van der Waals surface area contributed by atoms with Gasteiger partial charge in [0.25, 0.3) is 0 Å². The molecule has 0 spiro atoms. The predicted molar refractivity (Wildman–Crippen MR) is 114 cm³/mol. The monoisotopic (exact) mass is 423 g/mol. The maximum absolute atomic E-state index is 9.92. The average Bonchev–Trinajstić information content (AvgIpc) is 2.70. The lowest BCUT2D eigenvalue weighted by atomic mass is 10.0. The minimum absolute atomic E-state index is 0.247. The summed E-state index contributed by atoms with van der Waals surface area (Å²) in [5.74, 6) is 0.247. The lowest BCUT2D eigenvalue weighted by molar-refractivity contribution is 0.131. The van der Waals surface area contributed by atoms with Crippen molar-refractivity contribution < 1.29 is 5.11 Å². The summed E-state index contributed by atoms with van der Waals surface area (Å²) in [6, 6.07) is 20.5. The van der Waals surface area contributed by atoms with E-state index in [0.29, 0.717) is 0 Å². The Balaban J connectivity index is 1.37. The zero-order chi connectivity index (χ0) is 18.6. The number of piperazine rings is 1. The Bertz CT molecular complexity index is 959. The first kappa shape index (κ1) is 18.0. The summed E-state index contributed by atoms with van der Waals surface area (Å²) in [6.07, 6.45) is 1.74. The molecule has 0 amide bonds. The van der Waals surface area contributed by atoms with Gasteiger partial charge in [-0.1, -0.05) is 58.4 Å². The standard InChI is InChI=1S/C22H22BrN3O/c23-20-8-9-22(27)19(14-20)15-24-26-12-10-25(11-13-26)16-18-6-3-5-17-4-1-2-7-21(17)18/h1-9,14-15,27H,10-13,16H2/b24-15+. The Morgan fingerprint density at radius 3 is 2.59 bits per heavy atom. The van der Waals surface area contributed by atoms with Crippen LogP contribution in [0.15, 0.2) is 70.2 Å². The van der Waals surface area contributed by atoms with Crippen LogP contribution in [0.3, 0.4) is 0 Å². The molecule has 3 aromatic carbocycles. The third-order valence-electron chi connectivity index (χ3n) is 4.97. The molecule has 0 saturated carbocycles. The molecule has 0 unspecified atom stereocenters. The van der Waals surface area contributed by atoms with Crippen molar-refractivity contribution >= 4 is 32.9 Å². The van der Waals surface area contributed by atoms with Crippen molar-refractivity contribution in [3.8, 4) is 5.75 Å². The molecule has 1 heterocycles. The van der Waals surface area contributed by atoms with Gasteiger partial charge in [-0.15, -0.1) is 0 Å². The lowest BCUT2D eigenvalue weighted by Gasteiger charge is -2.33. The summed E-state index contributed by atoms with van der Waals surface area (Å²) in [7, 11) is 0. The third kappa shape index (κ3) is 4.31. The molecule has 1 N–H and O–H groups in total.